The summed E-state index contributed by atoms with van der Waals surface area (Å²) in [6, 6.07) is 12.7. The number of para-hydroxylation sites is 1. The molecule has 110 valence electrons. The second-order valence-corrected chi connectivity index (χ2v) is 6.31. The maximum absolute atomic E-state index is 6.25. The van der Waals surface area contributed by atoms with Gasteiger partial charge in [0.2, 0.25) is 0 Å². The predicted molar refractivity (Wildman–Crippen MR) is 90.1 cm³/mol. The summed E-state index contributed by atoms with van der Waals surface area (Å²) in [7, 11) is 0. The summed E-state index contributed by atoms with van der Waals surface area (Å²) in [6.45, 7) is 5.14. The Morgan fingerprint density at radius 1 is 1.19 bits per heavy atom. The van der Waals surface area contributed by atoms with E-state index in [9.17, 15) is 0 Å². The zero-order valence-electron chi connectivity index (χ0n) is 12.6. The Kier molecular flexibility index (Phi) is 4.42. The van der Waals surface area contributed by atoms with Crippen LogP contribution in [0, 0.1) is 6.92 Å². The highest BCUT2D eigenvalue weighted by Crippen LogP contribution is 2.36. The van der Waals surface area contributed by atoms with Crippen molar-refractivity contribution in [3.05, 3.63) is 57.9 Å². The second kappa shape index (κ2) is 6.46. The number of ether oxygens (including phenoxy) is 1. The number of aromatic amines is 1. The summed E-state index contributed by atoms with van der Waals surface area (Å²) in [4.78, 5) is 4.76. The highest BCUT2D eigenvalue weighted by molar-refractivity contribution is 7.10. The SMILES string of the molecule is CCCCOC(c1cccs1)c1c(C)[nH]c2ccccc12. The minimum Gasteiger partial charge on any atom is -0.368 e. The molecule has 1 unspecified atom stereocenters. The van der Waals surface area contributed by atoms with Crippen LogP contribution < -0.4 is 0 Å². The first kappa shape index (κ1) is 14.4. The van der Waals surface area contributed by atoms with Crippen molar-refractivity contribution in [3.63, 3.8) is 0 Å². The highest BCUT2D eigenvalue weighted by Gasteiger charge is 2.22. The molecule has 0 aliphatic carbocycles. The number of nitrogens with one attached hydrogen (secondary N) is 1. The summed E-state index contributed by atoms with van der Waals surface area (Å²) in [5, 5.41) is 3.39. The standard InChI is InChI=1S/C18H21NOS/c1-3-4-11-20-18(16-10-7-12-21-16)17-13(2)19-15-9-6-5-8-14(15)17/h5-10,12,18-19H,3-4,11H2,1-2H3. The first-order valence-electron chi connectivity index (χ1n) is 7.53. The number of thiophene rings is 1. The summed E-state index contributed by atoms with van der Waals surface area (Å²) in [5.74, 6) is 0. The van der Waals surface area contributed by atoms with Crippen LogP contribution in [0.1, 0.15) is 42.0 Å². The van der Waals surface area contributed by atoms with Gasteiger partial charge in [-0.15, -0.1) is 11.3 Å². The van der Waals surface area contributed by atoms with Crippen LogP contribution in [0.4, 0.5) is 0 Å². The molecule has 2 nitrogen and oxygen atoms in total. The van der Waals surface area contributed by atoms with Crippen molar-refractivity contribution in [2.24, 2.45) is 0 Å². The molecule has 2 heterocycles. The number of fused-ring (bicyclic) bond motifs is 1. The molecule has 0 saturated heterocycles. The van der Waals surface area contributed by atoms with Crippen molar-refractivity contribution >= 4 is 22.2 Å². The second-order valence-electron chi connectivity index (χ2n) is 5.33. The Balaban J connectivity index is 2.03. The molecular weight excluding hydrogens is 278 g/mol. The van der Waals surface area contributed by atoms with Crippen LogP contribution in [-0.4, -0.2) is 11.6 Å². The zero-order valence-corrected chi connectivity index (χ0v) is 13.4. The van der Waals surface area contributed by atoms with E-state index in [0.717, 1.165) is 19.4 Å². The monoisotopic (exact) mass is 299 g/mol. The van der Waals surface area contributed by atoms with Crippen LogP contribution >= 0.6 is 11.3 Å². The normalized spacial score (nSPS) is 12.9. The van der Waals surface area contributed by atoms with Gasteiger partial charge < -0.3 is 9.72 Å². The third kappa shape index (κ3) is 2.89. The van der Waals surface area contributed by atoms with Crippen molar-refractivity contribution < 1.29 is 4.74 Å². The van der Waals surface area contributed by atoms with E-state index in [2.05, 4.69) is 60.6 Å². The maximum atomic E-state index is 6.25. The van der Waals surface area contributed by atoms with E-state index < -0.39 is 0 Å². The van der Waals surface area contributed by atoms with Crippen LogP contribution in [0.25, 0.3) is 10.9 Å². The fourth-order valence-corrected chi connectivity index (χ4v) is 3.51. The fourth-order valence-electron chi connectivity index (χ4n) is 2.73. The number of hydrogen-bond acceptors (Lipinski definition) is 2. The molecule has 21 heavy (non-hydrogen) atoms. The van der Waals surface area contributed by atoms with Crippen LogP contribution in [0.5, 0.6) is 0 Å². The van der Waals surface area contributed by atoms with Crippen molar-refractivity contribution in [1.29, 1.82) is 0 Å². The van der Waals surface area contributed by atoms with Crippen molar-refractivity contribution in [2.75, 3.05) is 6.61 Å². The summed E-state index contributed by atoms with van der Waals surface area (Å²) >= 11 is 1.77. The summed E-state index contributed by atoms with van der Waals surface area (Å²) in [6.07, 6.45) is 2.29. The number of H-pyrrole nitrogens is 1. The third-order valence-corrected chi connectivity index (χ3v) is 4.71. The van der Waals surface area contributed by atoms with E-state index in [4.69, 9.17) is 4.74 Å². The Morgan fingerprint density at radius 2 is 2.05 bits per heavy atom. The molecule has 1 aromatic carbocycles. The van der Waals surface area contributed by atoms with Gasteiger partial charge in [0.1, 0.15) is 6.10 Å². The van der Waals surface area contributed by atoms with Crippen LogP contribution in [0.3, 0.4) is 0 Å². The third-order valence-electron chi connectivity index (χ3n) is 3.79. The van der Waals surface area contributed by atoms with E-state index in [-0.39, 0.29) is 6.10 Å². The molecule has 0 saturated carbocycles. The molecule has 0 spiro atoms. The van der Waals surface area contributed by atoms with Crippen LogP contribution in [-0.2, 0) is 4.74 Å². The lowest BCUT2D eigenvalue weighted by molar-refractivity contribution is 0.0806. The lowest BCUT2D eigenvalue weighted by Gasteiger charge is -2.17. The molecule has 3 heteroatoms. The van der Waals surface area contributed by atoms with E-state index in [1.54, 1.807) is 11.3 Å². The number of rotatable bonds is 6. The number of aromatic nitrogens is 1. The Labute approximate surface area is 129 Å². The zero-order chi connectivity index (χ0) is 14.7. The molecule has 0 fully saturated rings. The number of benzene rings is 1. The minimum atomic E-state index is 0.0349. The smallest absolute Gasteiger partial charge is 0.119 e. The van der Waals surface area contributed by atoms with Crippen LogP contribution in [0.15, 0.2) is 41.8 Å². The fraction of sp³-hybridized carbons (Fsp3) is 0.333. The van der Waals surface area contributed by atoms with Gasteiger partial charge in [-0.3, -0.25) is 0 Å². The average molecular weight is 299 g/mol. The summed E-state index contributed by atoms with van der Waals surface area (Å²) < 4.78 is 6.25. The molecule has 3 rings (SSSR count). The molecule has 3 aromatic rings. The van der Waals surface area contributed by atoms with Gasteiger partial charge in [0.15, 0.2) is 0 Å². The average Bonchev–Trinajstić information content (AvgIpc) is 3.11. The maximum Gasteiger partial charge on any atom is 0.119 e. The van der Waals surface area contributed by atoms with Crippen LogP contribution in [0.2, 0.25) is 0 Å². The van der Waals surface area contributed by atoms with E-state index in [0.29, 0.717) is 0 Å². The van der Waals surface area contributed by atoms with E-state index in [1.807, 2.05) is 0 Å². The van der Waals surface area contributed by atoms with Crippen molar-refractivity contribution in [1.82, 2.24) is 4.98 Å². The first-order valence-corrected chi connectivity index (χ1v) is 8.41. The molecule has 0 bridgehead atoms. The Hall–Kier alpha value is -1.58. The molecule has 0 amide bonds. The Morgan fingerprint density at radius 3 is 2.81 bits per heavy atom. The van der Waals surface area contributed by atoms with Gasteiger partial charge in [-0.05, 0) is 30.9 Å². The molecule has 2 aromatic heterocycles. The van der Waals surface area contributed by atoms with Gasteiger partial charge in [0, 0.05) is 33.6 Å². The van der Waals surface area contributed by atoms with Gasteiger partial charge in [0.05, 0.1) is 0 Å². The quantitative estimate of drug-likeness (QED) is 0.602. The Bertz CT molecular complexity index is 699. The number of aryl methyl sites for hydroxylation is 1. The van der Waals surface area contributed by atoms with E-state index >= 15 is 0 Å². The number of unbranched alkanes of at least 4 members (excludes halogenated alkanes) is 1. The molecule has 1 atom stereocenters. The van der Waals surface area contributed by atoms with Gasteiger partial charge in [-0.2, -0.15) is 0 Å². The first-order chi connectivity index (χ1) is 10.3. The minimum absolute atomic E-state index is 0.0349. The molecule has 1 N–H and O–H groups in total. The topological polar surface area (TPSA) is 25.0 Å². The molecule has 0 aliphatic rings. The van der Waals surface area contributed by atoms with Gasteiger partial charge in [-0.25, -0.2) is 0 Å². The lowest BCUT2D eigenvalue weighted by Crippen LogP contribution is -2.07. The van der Waals surface area contributed by atoms with Crippen molar-refractivity contribution in [3.8, 4) is 0 Å². The summed E-state index contributed by atoms with van der Waals surface area (Å²) in [5.41, 5.74) is 3.67. The molecular formula is C18H21NOS. The number of hydrogen-bond donors (Lipinski definition) is 1. The van der Waals surface area contributed by atoms with Gasteiger partial charge >= 0.3 is 0 Å². The predicted octanol–water partition coefficient (Wildman–Crippen LogP) is 5.44. The van der Waals surface area contributed by atoms with E-state index in [1.165, 1.54) is 27.0 Å². The van der Waals surface area contributed by atoms with Gasteiger partial charge in [0.25, 0.3) is 0 Å². The van der Waals surface area contributed by atoms with Crippen molar-refractivity contribution in [2.45, 2.75) is 32.8 Å². The molecule has 0 radical (unpaired) electrons. The van der Waals surface area contributed by atoms with Gasteiger partial charge in [-0.1, -0.05) is 37.6 Å². The lowest BCUT2D eigenvalue weighted by atomic mass is 10.0. The highest BCUT2D eigenvalue weighted by atomic mass is 32.1. The largest absolute Gasteiger partial charge is 0.368 e. The molecule has 0 aliphatic heterocycles.